The third-order valence-electron chi connectivity index (χ3n) is 15.1. The molecule has 6 aliphatic rings. The van der Waals surface area contributed by atoms with E-state index in [-0.39, 0.29) is 54.2 Å². The molecule has 0 spiro atoms. The molecule has 0 bridgehead atoms. The number of hydrogen-bond acceptors (Lipinski definition) is 7. The minimum atomic E-state index is -0.670. The van der Waals surface area contributed by atoms with E-state index in [1.807, 2.05) is 6.92 Å². The van der Waals surface area contributed by atoms with Gasteiger partial charge in [-0.2, -0.15) is 0 Å². The molecular weight excluding hydrogens is 687 g/mol. The Morgan fingerprint density at radius 2 is 1.85 bits per heavy atom. The molecule has 0 aromatic rings. The van der Waals surface area contributed by atoms with Crippen molar-refractivity contribution >= 4 is 35.1 Å². The number of carbonyl (C=O) groups is 4. The van der Waals surface area contributed by atoms with E-state index in [0.717, 1.165) is 42.6 Å². The summed E-state index contributed by atoms with van der Waals surface area (Å²) >= 11 is 1.55. The van der Waals surface area contributed by atoms with Crippen molar-refractivity contribution in [2.45, 2.75) is 148 Å². The lowest BCUT2D eigenvalue weighted by Crippen LogP contribution is -2.70. The lowest BCUT2D eigenvalue weighted by atomic mass is 9.44. The molecular formula is C42H61N5O5S. The number of hydrogen-bond donors (Lipinski definition) is 2. The van der Waals surface area contributed by atoms with Gasteiger partial charge in [-0.1, -0.05) is 25.9 Å². The van der Waals surface area contributed by atoms with Gasteiger partial charge >= 0.3 is 0 Å². The molecule has 2 amide bonds. The second kappa shape index (κ2) is 16.5. The monoisotopic (exact) mass is 747 g/mol. The van der Waals surface area contributed by atoms with Gasteiger partial charge in [0.1, 0.15) is 17.2 Å². The summed E-state index contributed by atoms with van der Waals surface area (Å²) in [6.45, 7) is 9.29. The zero-order chi connectivity index (χ0) is 38.1. The van der Waals surface area contributed by atoms with Gasteiger partial charge < -0.3 is 10.4 Å². The number of unbranched alkanes of at least 4 members (excludes halogenated alkanes) is 1. The molecule has 0 aromatic heterocycles. The lowest BCUT2D eigenvalue weighted by molar-refractivity contribution is -0.147. The molecule has 6 rings (SSSR count). The van der Waals surface area contributed by atoms with Crippen LogP contribution >= 0.6 is 11.8 Å². The van der Waals surface area contributed by atoms with Crippen molar-refractivity contribution in [3.63, 3.8) is 0 Å². The topological polar surface area (TPSA) is 153 Å². The molecule has 53 heavy (non-hydrogen) atoms. The molecule has 0 aromatic carbocycles. The molecule has 4 saturated carbocycles. The Labute approximate surface area is 320 Å². The second-order valence-electron chi connectivity index (χ2n) is 18.1. The van der Waals surface area contributed by atoms with Crippen LogP contribution in [0.3, 0.4) is 0 Å². The molecule has 1 saturated heterocycles. The molecule has 10 nitrogen and oxygen atoms in total. The number of allylic oxidation sites excluding steroid dienone is 1. The minimum absolute atomic E-state index is 0.00499. The third kappa shape index (κ3) is 7.85. The van der Waals surface area contributed by atoms with Crippen LogP contribution in [0.1, 0.15) is 130 Å². The number of fused-ring (bicyclic) bond motifs is 6. The summed E-state index contributed by atoms with van der Waals surface area (Å²) in [5.74, 6) is 5.95. The van der Waals surface area contributed by atoms with Crippen molar-refractivity contribution in [1.29, 1.82) is 0 Å². The van der Waals surface area contributed by atoms with Crippen LogP contribution in [0, 0.1) is 64.6 Å². The maximum absolute atomic E-state index is 13.7. The fraction of sp³-hybridized carbons (Fsp3) is 0.810. The zero-order valence-corrected chi connectivity index (χ0v) is 33.2. The smallest absolute Gasteiger partial charge is 0.253 e. The molecule has 2 aliphatic heterocycles. The number of Topliss-reactive ketones (excluding diaryl/α,β-unsaturated/α-hetero) is 2. The summed E-state index contributed by atoms with van der Waals surface area (Å²) in [4.78, 5) is 57.5. The van der Waals surface area contributed by atoms with Crippen molar-refractivity contribution in [3.8, 4) is 12.3 Å². The molecule has 11 heteroatoms. The number of amides is 2. The second-order valence-corrected chi connectivity index (χ2v) is 19.2. The van der Waals surface area contributed by atoms with Gasteiger partial charge in [0.25, 0.3) is 5.91 Å². The van der Waals surface area contributed by atoms with Gasteiger partial charge in [0.15, 0.2) is 5.78 Å². The van der Waals surface area contributed by atoms with E-state index in [9.17, 15) is 24.3 Å². The summed E-state index contributed by atoms with van der Waals surface area (Å²) in [6, 6.07) is -0.670. The summed E-state index contributed by atoms with van der Waals surface area (Å²) in [5, 5.41) is 16.7. The Balaban J connectivity index is 1.01. The first-order valence-electron chi connectivity index (χ1n) is 20.4. The SMILES string of the molecule is C#CCCCC(=O)CC(CN=[N+]=[N-])CC(=O)C1=C(C)CSC2C(NC(=O)CCC(C)C3CCC4C5CCC6CC(O)CCC6(C)C5CCC34C)C(=O)N12. The predicted molar refractivity (Wildman–Crippen MR) is 207 cm³/mol. The average molecular weight is 748 g/mol. The number of ketones is 2. The van der Waals surface area contributed by atoms with Gasteiger partial charge in [-0.05, 0) is 141 Å². The Bertz CT molecular complexity index is 1570. The molecule has 5 fully saturated rings. The highest BCUT2D eigenvalue weighted by atomic mass is 32.2. The minimum Gasteiger partial charge on any atom is -0.393 e. The number of β-lactam (4-membered cyclic amide) rings is 1. The molecule has 12 unspecified atom stereocenters. The summed E-state index contributed by atoms with van der Waals surface area (Å²) in [7, 11) is 0. The quantitative estimate of drug-likeness (QED) is 0.0437. The first-order valence-corrected chi connectivity index (χ1v) is 21.5. The first kappa shape index (κ1) is 39.9. The Morgan fingerprint density at radius 3 is 2.60 bits per heavy atom. The van der Waals surface area contributed by atoms with Gasteiger partial charge in [-0.3, -0.25) is 24.1 Å². The predicted octanol–water partition coefficient (Wildman–Crippen LogP) is 7.74. The molecule has 4 aliphatic carbocycles. The van der Waals surface area contributed by atoms with Crippen molar-refractivity contribution < 1.29 is 24.3 Å². The first-order chi connectivity index (χ1) is 25.3. The summed E-state index contributed by atoms with van der Waals surface area (Å²) in [5.41, 5.74) is 10.7. The van der Waals surface area contributed by atoms with Crippen LogP contribution in [-0.2, 0) is 19.2 Å². The highest BCUT2D eigenvalue weighted by Crippen LogP contribution is 2.68. The highest BCUT2D eigenvalue weighted by Gasteiger charge is 2.60. The van der Waals surface area contributed by atoms with E-state index in [1.54, 1.807) is 11.8 Å². The Hall–Kier alpha value is -2.80. The maximum atomic E-state index is 13.7. The number of rotatable bonds is 15. The van der Waals surface area contributed by atoms with E-state index in [4.69, 9.17) is 12.0 Å². The average Bonchev–Trinajstić information content (AvgIpc) is 3.49. The largest absolute Gasteiger partial charge is 0.393 e. The van der Waals surface area contributed by atoms with E-state index in [1.165, 1.54) is 49.8 Å². The van der Waals surface area contributed by atoms with E-state index in [2.05, 4.69) is 42.0 Å². The molecule has 2 heterocycles. The zero-order valence-electron chi connectivity index (χ0n) is 32.4. The lowest BCUT2D eigenvalue weighted by Gasteiger charge is -2.61. The standard InChI is InChI=1S/C42H61N5O5S/c1-6-7-8-9-29(48)20-27(23-44-46-43)21-35(50)38-26(3)24-53-40-37(39(52)47(38)40)45-36(51)15-10-25(2)32-13-14-33-31-12-11-28-22-30(49)16-18-41(28,4)34(31)17-19-42(32,33)5/h1,25,27-28,30-34,37,40,49H,7-24H2,2-5H3,(H,45,51). The number of terminal acetylenes is 1. The number of carbonyl (C=O) groups excluding carboxylic acids is 4. The van der Waals surface area contributed by atoms with Gasteiger partial charge in [-0.25, -0.2) is 0 Å². The van der Waals surface area contributed by atoms with Crippen LogP contribution < -0.4 is 5.32 Å². The van der Waals surface area contributed by atoms with Crippen LogP contribution in [-0.4, -0.2) is 63.2 Å². The normalized spacial score (nSPS) is 37.1. The highest BCUT2D eigenvalue weighted by molar-refractivity contribution is 8.00. The Morgan fingerprint density at radius 1 is 1.09 bits per heavy atom. The van der Waals surface area contributed by atoms with Gasteiger partial charge in [-0.15, -0.1) is 24.1 Å². The van der Waals surface area contributed by atoms with Crippen LogP contribution in [0.4, 0.5) is 0 Å². The number of nitrogens with zero attached hydrogens (tertiary/aromatic N) is 4. The molecule has 0 radical (unpaired) electrons. The van der Waals surface area contributed by atoms with Crippen LogP contribution in [0.5, 0.6) is 0 Å². The summed E-state index contributed by atoms with van der Waals surface area (Å²) < 4.78 is 0. The van der Waals surface area contributed by atoms with E-state index in [0.29, 0.717) is 65.7 Å². The number of thioether (sulfide) groups is 1. The van der Waals surface area contributed by atoms with Gasteiger partial charge in [0.05, 0.1) is 11.8 Å². The van der Waals surface area contributed by atoms with Gasteiger partial charge in [0, 0.05) is 49.3 Å². The fourth-order valence-corrected chi connectivity index (χ4v) is 13.7. The number of nitrogens with one attached hydrogen (secondary N) is 1. The van der Waals surface area contributed by atoms with Gasteiger partial charge in [0.2, 0.25) is 5.91 Å². The van der Waals surface area contributed by atoms with E-state index >= 15 is 0 Å². The third-order valence-corrected chi connectivity index (χ3v) is 16.6. The van der Waals surface area contributed by atoms with Crippen LogP contribution in [0.15, 0.2) is 16.4 Å². The molecule has 290 valence electrons. The van der Waals surface area contributed by atoms with Crippen molar-refractivity contribution in [1.82, 2.24) is 10.2 Å². The van der Waals surface area contributed by atoms with Crippen LogP contribution in [0.25, 0.3) is 10.4 Å². The van der Waals surface area contributed by atoms with Crippen molar-refractivity contribution in [2.75, 3.05) is 12.3 Å². The maximum Gasteiger partial charge on any atom is 0.253 e. The molecule has 2 N–H and O–H groups in total. The fourth-order valence-electron chi connectivity index (χ4n) is 12.4. The number of aliphatic hydroxyl groups is 1. The number of azide groups is 1. The van der Waals surface area contributed by atoms with Crippen LogP contribution in [0.2, 0.25) is 0 Å². The molecule has 12 atom stereocenters. The van der Waals surface area contributed by atoms with E-state index < -0.39 is 12.0 Å². The Kier molecular flexibility index (Phi) is 12.4. The van der Waals surface area contributed by atoms with Crippen molar-refractivity contribution in [2.24, 2.45) is 57.4 Å². The van der Waals surface area contributed by atoms with Crippen molar-refractivity contribution in [3.05, 3.63) is 21.7 Å². The number of aliphatic hydroxyl groups excluding tert-OH is 1. The summed E-state index contributed by atoms with van der Waals surface area (Å²) in [6.07, 6.45) is 18.6.